The number of ether oxygens (including phenoxy) is 2. The molecule has 0 radical (unpaired) electrons. The molecule has 0 heterocycles. The normalized spacial score (nSPS) is 10.8. The van der Waals surface area contributed by atoms with E-state index < -0.39 is 4.92 Å². The van der Waals surface area contributed by atoms with Gasteiger partial charge >= 0.3 is 0 Å². The summed E-state index contributed by atoms with van der Waals surface area (Å²) in [6.45, 7) is 2.56. The van der Waals surface area contributed by atoms with Crippen LogP contribution in [-0.4, -0.2) is 23.7 Å². The number of nitro benzene ring substituents is 1. The van der Waals surface area contributed by atoms with E-state index in [-0.39, 0.29) is 18.2 Å². The van der Waals surface area contributed by atoms with Crippen molar-refractivity contribution in [2.45, 2.75) is 26.4 Å². The van der Waals surface area contributed by atoms with Gasteiger partial charge < -0.3 is 9.47 Å². The van der Waals surface area contributed by atoms with Crippen molar-refractivity contribution in [3.63, 3.8) is 0 Å². The summed E-state index contributed by atoms with van der Waals surface area (Å²) in [5, 5.41) is 14.9. The number of aryl methyl sites for hydroxylation is 1. The highest BCUT2D eigenvalue weighted by Crippen LogP contribution is 2.34. The summed E-state index contributed by atoms with van der Waals surface area (Å²) in [6.07, 6.45) is 2.55. The molecule has 1 amide bonds. The van der Waals surface area contributed by atoms with Crippen LogP contribution in [0.4, 0.5) is 5.69 Å². The highest BCUT2D eigenvalue weighted by atomic mass is 127. The molecule has 0 spiro atoms. The molecule has 0 unspecified atom stereocenters. The Morgan fingerprint density at radius 3 is 2.50 bits per heavy atom. The van der Waals surface area contributed by atoms with E-state index in [1.54, 1.807) is 24.4 Å². The van der Waals surface area contributed by atoms with Gasteiger partial charge in [0.1, 0.15) is 6.61 Å². The zero-order chi connectivity index (χ0) is 24.3. The second-order valence-corrected chi connectivity index (χ2v) is 8.42. The minimum Gasteiger partial charge on any atom is -0.490 e. The van der Waals surface area contributed by atoms with Crippen LogP contribution >= 0.6 is 22.6 Å². The van der Waals surface area contributed by atoms with Crippen LogP contribution in [0.1, 0.15) is 30.0 Å². The molecule has 0 aliphatic rings. The van der Waals surface area contributed by atoms with Gasteiger partial charge in [-0.05, 0) is 76.9 Å². The fourth-order valence-electron chi connectivity index (χ4n) is 3.07. The van der Waals surface area contributed by atoms with E-state index in [1.807, 2.05) is 43.3 Å². The Labute approximate surface area is 211 Å². The van der Waals surface area contributed by atoms with Gasteiger partial charge in [-0.1, -0.05) is 30.3 Å². The van der Waals surface area contributed by atoms with E-state index in [0.717, 1.165) is 20.3 Å². The number of carbonyl (C=O) groups excluding carboxylic acids is 1. The second kappa shape index (κ2) is 12.7. The molecule has 0 aliphatic carbocycles. The number of nitro groups is 1. The molecule has 9 heteroatoms. The third-order valence-electron chi connectivity index (χ3n) is 4.75. The lowest BCUT2D eigenvalue weighted by molar-refractivity contribution is -0.384. The van der Waals surface area contributed by atoms with Gasteiger partial charge in [0.15, 0.2) is 11.5 Å². The van der Waals surface area contributed by atoms with Gasteiger partial charge in [0.2, 0.25) is 5.91 Å². The summed E-state index contributed by atoms with van der Waals surface area (Å²) >= 11 is 2.15. The number of benzene rings is 3. The van der Waals surface area contributed by atoms with Crippen molar-refractivity contribution in [3.05, 3.63) is 97.1 Å². The first-order valence-electron chi connectivity index (χ1n) is 10.6. The number of amides is 1. The molecular formula is C25H24IN3O5. The maximum Gasteiger partial charge on any atom is 0.269 e. The zero-order valence-corrected chi connectivity index (χ0v) is 20.7. The summed E-state index contributed by atoms with van der Waals surface area (Å²) in [5.74, 6) is 0.959. The number of rotatable bonds is 11. The molecule has 8 nitrogen and oxygen atoms in total. The molecule has 3 rings (SSSR count). The smallest absolute Gasteiger partial charge is 0.269 e. The van der Waals surface area contributed by atoms with Crippen LogP contribution in [0, 0.1) is 13.7 Å². The third kappa shape index (κ3) is 7.55. The van der Waals surface area contributed by atoms with Gasteiger partial charge in [-0.15, -0.1) is 0 Å². The Morgan fingerprint density at radius 2 is 1.82 bits per heavy atom. The van der Waals surface area contributed by atoms with Crippen molar-refractivity contribution in [2.24, 2.45) is 5.10 Å². The average Bonchev–Trinajstić information content (AvgIpc) is 2.83. The summed E-state index contributed by atoms with van der Waals surface area (Å²) in [7, 11) is 0. The van der Waals surface area contributed by atoms with Gasteiger partial charge in [0.25, 0.3) is 5.69 Å². The van der Waals surface area contributed by atoms with Crippen molar-refractivity contribution in [1.29, 1.82) is 0 Å². The van der Waals surface area contributed by atoms with Crippen LogP contribution in [0.3, 0.4) is 0 Å². The van der Waals surface area contributed by atoms with Gasteiger partial charge in [-0.2, -0.15) is 5.10 Å². The number of nitrogens with one attached hydrogen (secondary N) is 1. The maximum atomic E-state index is 12.1. The Kier molecular flexibility index (Phi) is 9.39. The molecule has 0 saturated heterocycles. The Hall–Kier alpha value is -3.47. The molecule has 34 heavy (non-hydrogen) atoms. The lowest BCUT2D eigenvalue weighted by Gasteiger charge is -2.14. The minimum absolute atomic E-state index is 0.0316. The third-order valence-corrected chi connectivity index (χ3v) is 5.55. The Morgan fingerprint density at radius 1 is 1.09 bits per heavy atom. The molecule has 0 fully saturated rings. The number of non-ortho nitro benzene ring substituents is 1. The predicted octanol–water partition coefficient (Wildman–Crippen LogP) is 5.26. The molecule has 3 aromatic carbocycles. The van der Waals surface area contributed by atoms with E-state index in [2.05, 4.69) is 33.1 Å². The lowest BCUT2D eigenvalue weighted by Crippen LogP contribution is -2.17. The molecule has 0 bridgehead atoms. The van der Waals surface area contributed by atoms with Crippen LogP contribution < -0.4 is 14.9 Å². The first-order chi connectivity index (χ1) is 16.5. The van der Waals surface area contributed by atoms with Crippen LogP contribution in [0.2, 0.25) is 0 Å². The largest absolute Gasteiger partial charge is 0.490 e. The molecule has 0 aromatic heterocycles. The summed E-state index contributed by atoms with van der Waals surface area (Å²) in [6, 6.07) is 19.7. The van der Waals surface area contributed by atoms with E-state index in [1.165, 1.54) is 12.1 Å². The fraction of sp³-hybridized carbons (Fsp3) is 0.200. The van der Waals surface area contributed by atoms with E-state index in [9.17, 15) is 14.9 Å². The number of carbonyl (C=O) groups is 1. The predicted molar refractivity (Wildman–Crippen MR) is 138 cm³/mol. The summed E-state index contributed by atoms with van der Waals surface area (Å²) in [4.78, 5) is 22.4. The van der Waals surface area contributed by atoms with Crippen LogP contribution in [0.25, 0.3) is 0 Å². The highest BCUT2D eigenvalue weighted by Gasteiger charge is 2.13. The Balaban J connectivity index is 1.61. The van der Waals surface area contributed by atoms with Crippen molar-refractivity contribution in [3.8, 4) is 11.5 Å². The molecule has 0 atom stereocenters. The molecule has 0 saturated carbocycles. The monoisotopic (exact) mass is 573 g/mol. The van der Waals surface area contributed by atoms with Crippen molar-refractivity contribution >= 4 is 40.4 Å². The topological polar surface area (TPSA) is 103 Å². The van der Waals surface area contributed by atoms with Crippen LogP contribution in [-0.2, 0) is 17.8 Å². The SMILES string of the molecule is CCOc1cc(/C=N\NC(=O)CCc2ccccc2)cc(I)c1OCc1ccc([N+](=O)[O-])cc1. The standard InChI is InChI=1S/C25H24IN3O5/c1-2-33-23-15-20(16-27-28-24(30)13-10-18-6-4-3-5-7-18)14-22(26)25(23)34-17-19-8-11-21(12-9-19)29(31)32/h3-9,11-12,14-16H,2,10,13,17H2,1H3,(H,28,30)/b27-16-. The van der Waals surface area contributed by atoms with Gasteiger partial charge in [0.05, 0.1) is 21.3 Å². The maximum absolute atomic E-state index is 12.1. The highest BCUT2D eigenvalue weighted by molar-refractivity contribution is 14.1. The fourth-order valence-corrected chi connectivity index (χ4v) is 3.85. The van der Waals surface area contributed by atoms with E-state index >= 15 is 0 Å². The number of nitrogens with zero attached hydrogens (tertiary/aromatic N) is 2. The lowest BCUT2D eigenvalue weighted by atomic mass is 10.1. The number of halogens is 1. The first kappa shape index (κ1) is 25.2. The number of hydrogen-bond acceptors (Lipinski definition) is 6. The first-order valence-corrected chi connectivity index (χ1v) is 11.7. The molecule has 1 N–H and O–H groups in total. The molecule has 0 aliphatic heterocycles. The minimum atomic E-state index is -0.438. The van der Waals surface area contributed by atoms with E-state index in [0.29, 0.717) is 30.9 Å². The molecule has 3 aromatic rings. The zero-order valence-electron chi connectivity index (χ0n) is 18.6. The van der Waals surface area contributed by atoms with Crippen LogP contribution in [0.5, 0.6) is 11.5 Å². The van der Waals surface area contributed by atoms with Gasteiger partial charge in [-0.25, -0.2) is 5.43 Å². The van der Waals surface area contributed by atoms with Crippen molar-refractivity contribution < 1.29 is 19.2 Å². The van der Waals surface area contributed by atoms with E-state index in [4.69, 9.17) is 9.47 Å². The Bertz CT molecular complexity index is 1150. The van der Waals surface area contributed by atoms with Crippen molar-refractivity contribution in [1.82, 2.24) is 5.43 Å². The van der Waals surface area contributed by atoms with Crippen molar-refractivity contribution in [2.75, 3.05) is 6.61 Å². The van der Waals surface area contributed by atoms with Crippen LogP contribution in [0.15, 0.2) is 71.8 Å². The molecule has 176 valence electrons. The summed E-state index contributed by atoms with van der Waals surface area (Å²) < 4.78 is 12.5. The second-order valence-electron chi connectivity index (χ2n) is 7.25. The number of hydrogen-bond donors (Lipinski definition) is 1. The molecular weight excluding hydrogens is 549 g/mol. The van der Waals surface area contributed by atoms with Gasteiger partial charge in [0, 0.05) is 18.6 Å². The number of hydrazone groups is 1. The quantitative estimate of drug-likeness (QED) is 0.146. The summed E-state index contributed by atoms with van der Waals surface area (Å²) in [5.41, 5.74) is 5.23. The average molecular weight is 573 g/mol. The van der Waals surface area contributed by atoms with Gasteiger partial charge in [-0.3, -0.25) is 14.9 Å².